The summed E-state index contributed by atoms with van der Waals surface area (Å²) < 4.78 is 6.14. The molecule has 0 spiro atoms. The van der Waals surface area contributed by atoms with E-state index in [0.717, 1.165) is 60.1 Å². The second kappa shape index (κ2) is 18.9. The van der Waals surface area contributed by atoms with Gasteiger partial charge in [-0.2, -0.15) is 0 Å². The summed E-state index contributed by atoms with van der Waals surface area (Å²) in [6.45, 7) is 2.48. The van der Waals surface area contributed by atoms with Crippen LogP contribution in [-0.4, -0.2) is 71.7 Å². The molecule has 12 heteroatoms. The van der Waals surface area contributed by atoms with Gasteiger partial charge in [0.05, 0.1) is 11.2 Å². The van der Waals surface area contributed by atoms with Gasteiger partial charge in [-0.05, 0) is 67.1 Å². The fourth-order valence-corrected chi connectivity index (χ4v) is 7.23. The molecule has 1 aromatic heterocycles. The molecule has 0 radical (unpaired) electrons. The van der Waals surface area contributed by atoms with Crippen LogP contribution in [0.5, 0.6) is 5.75 Å². The highest BCUT2D eigenvalue weighted by Gasteiger charge is 2.24. The van der Waals surface area contributed by atoms with E-state index in [1.54, 1.807) is 6.07 Å². The SMILES string of the molecule is O=C(NCCc1ccc(O)c2[nH]c(=O)sc12)OCCN(C(=O)CCNCCc1ccc(C(=O)NCc2ccccc2)cc1)C1CCCCCC1. The first-order valence-electron chi connectivity index (χ1n) is 17.5. The van der Waals surface area contributed by atoms with Crippen molar-refractivity contribution in [3.05, 3.63) is 98.7 Å². The van der Waals surface area contributed by atoms with Gasteiger partial charge in [0.25, 0.3) is 5.91 Å². The molecule has 0 atom stereocenters. The van der Waals surface area contributed by atoms with E-state index in [1.807, 2.05) is 59.5 Å². The van der Waals surface area contributed by atoms with Crippen LogP contribution in [-0.2, 0) is 28.9 Å². The first-order chi connectivity index (χ1) is 24.4. The van der Waals surface area contributed by atoms with Crippen molar-refractivity contribution in [3.8, 4) is 5.75 Å². The number of H-pyrrole nitrogens is 1. The number of aromatic nitrogens is 1. The number of benzene rings is 3. The molecule has 1 aliphatic rings. The largest absolute Gasteiger partial charge is 0.506 e. The molecule has 4 aromatic rings. The number of aromatic amines is 1. The van der Waals surface area contributed by atoms with E-state index in [9.17, 15) is 24.3 Å². The third-order valence-corrected chi connectivity index (χ3v) is 10.0. The molecular formula is C38H47N5O6S. The molecule has 5 N–H and O–H groups in total. The summed E-state index contributed by atoms with van der Waals surface area (Å²) in [5, 5.41) is 19.1. The molecule has 1 heterocycles. The van der Waals surface area contributed by atoms with Gasteiger partial charge in [-0.1, -0.05) is 85.6 Å². The summed E-state index contributed by atoms with van der Waals surface area (Å²) in [4.78, 5) is 54.5. The number of carbonyl (C=O) groups excluding carboxylic acids is 3. The number of hydrogen-bond donors (Lipinski definition) is 5. The van der Waals surface area contributed by atoms with Crippen LogP contribution in [0.1, 0.15) is 72.0 Å². The normalized spacial score (nSPS) is 13.4. The van der Waals surface area contributed by atoms with Crippen molar-refractivity contribution in [2.45, 2.75) is 70.4 Å². The lowest BCUT2D eigenvalue weighted by Gasteiger charge is -2.31. The van der Waals surface area contributed by atoms with Gasteiger partial charge in [0.1, 0.15) is 17.9 Å². The van der Waals surface area contributed by atoms with Crippen molar-refractivity contribution in [1.82, 2.24) is 25.8 Å². The Morgan fingerprint density at radius 2 is 1.62 bits per heavy atom. The van der Waals surface area contributed by atoms with Crippen LogP contribution >= 0.6 is 11.3 Å². The second-order valence-corrected chi connectivity index (χ2v) is 13.6. The number of nitrogens with zero attached hydrogens (tertiary/aromatic N) is 1. The highest BCUT2D eigenvalue weighted by Crippen LogP contribution is 2.28. The monoisotopic (exact) mass is 701 g/mol. The Bertz CT molecular complexity index is 1750. The van der Waals surface area contributed by atoms with Gasteiger partial charge < -0.3 is 35.7 Å². The van der Waals surface area contributed by atoms with Crippen LogP contribution in [0.3, 0.4) is 0 Å². The van der Waals surface area contributed by atoms with E-state index in [-0.39, 0.29) is 35.1 Å². The molecule has 0 saturated heterocycles. The molecule has 0 aliphatic heterocycles. The summed E-state index contributed by atoms with van der Waals surface area (Å²) in [6, 6.07) is 20.8. The van der Waals surface area contributed by atoms with Crippen molar-refractivity contribution in [3.63, 3.8) is 0 Å². The third-order valence-electron chi connectivity index (χ3n) is 9.07. The van der Waals surface area contributed by atoms with Crippen LogP contribution in [0.15, 0.2) is 71.5 Å². The lowest BCUT2D eigenvalue weighted by Crippen LogP contribution is -2.43. The molecule has 1 saturated carbocycles. The average molecular weight is 702 g/mol. The molecule has 3 amide bonds. The molecule has 1 fully saturated rings. The molecule has 50 heavy (non-hydrogen) atoms. The van der Waals surface area contributed by atoms with E-state index in [4.69, 9.17) is 4.74 Å². The molecule has 1 aliphatic carbocycles. The quantitative estimate of drug-likeness (QED) is 0.0789. The van der Waals surface area contributed by atoms with Crippen molar-refractivity contribution in [2.75, 3.05) is 32.8 Å². The van der Waals surface area contributed by atoms with Crippen LogP contribution in [0.25, 0.3) is 10.2 Å². The highest BCUT2D eigenvalue weighted by atomic mass is 32.1. The molecule has 0 bridgehead atoms. The number of thiazole rings is 1. The van der Waals surface area contributed by atoms with Gasteiger partial charge in [0.15, 0.2) is 0 Å². The van der Waals surface area contributed by atoms with E-state index in [2.05, 4.69) is 20.9 Å². The number of alkyl carbamates (subject to hydrolysis) is 1. The Balaban J connectivity index is 1.01. The number of amides is 3. The Labute approximate surface area is 296 Å². The molecule has 266 valence electrons. The average Bonchev–Trinajstić information content (AvgIpc) is 3.34. The van der Waals surface area contributed by atoms with Crippen LogP contribution in [0.2, 0.25) is 0 Å². The van der Waals surface area contributed by atoms with Gasteiger partial charge in [-0.3, -0.25) is 14.4 Å². The number of carbonyl (C=O) groups is 3. The fourth-order valence-electron chi connectivity index (χ4n) is 6.34. The number of hydrogen-bond acceptors (Lipinski definition) is 8. The summed E-state index contributed by atoms with van der Waals surface area (Å²) in [7, 11) is 0. The summed E-state index contributed by atoms with van der Waals surface area (Å²) in [6.07, 6.45) is 7.47. The highest BCUT2D eigenvalue weighted by molar-refractivity contribution is 7.16. The van der Waals surface area contributed by atoms with E-state index >= 15 is 0 Å². The number of aromatic hydroxyl groups is 1. The maximum atomic E-state index is 13.4. The number of ether oxygens (including phenoxy) is 1. The number of phenols is 1. The topological polar surface area (TPSA) is 153 Å². The molecule has 3 aromatic carbocycles. The van der Waals surface area contributed by atoms with Gasteiger partial charge in [-0.15, -0.1) is 0 Å². The molecule has 5 rings (SSSR count). The maximum Gasteiger partial charge on any atom is 0.407 e. The van der Waals surface area contributed by atoms with Crippen molar-refractivity contribution in [2.24, 2.45) is 0 Å². The van der Waals surface area contributed by atoms with E-state index in [0.29, 0.717) is 61.3 Å². The zero-order valence-corrected chi connectivity index (χ0v) is 29.2. The molecular weight excluding hydrogens is 655 g/mol. The number of nitrogens with one attached hydrogen (secondary N) is 4. The summed E-state index contributed by atoms with van der Waals surface area (Å²) in [5.41, 5.74) is 4.03. The van der Waals surface area contributed by atoms with Gasteiger partial charge in [0, 0.05) is 37.7 Å². The van der Waals surface area contributed by atoms with Gasteiger partial charge >= 0.3 is 11.0 Å². The minimum Gasteiger partial charge on any atom is -0.506 e. The van der Waals surface area contributed by atoms with Crippen molar-refractivity contribution < 1.29 is 24.2 Å². The van der Waals surface area contributed by atoms with Crippen LogP contribution in [0, 0.1) is 0 Å². The van der Waals surface area contributed by atoms with Crippen molar-refractivity contribution in [1.29, 1.82) is 0 Å². The fraction of sp³-hybridized carbons (Fsp3) is 0.421. The lowest BCUT2D eigenvalue weighted by molar-refractivity contribution is -0.134. The Morgan fingerprint density at radius 1 is 0.860 bits per heavy atom. The predicted molar refractivity (Wildman–Crippen MR) is 196 cm³/mol. The molecule has 0 unspecified atom stereocenters. The standard InChI is InChI=1S/C38H47N5O6S/c44-32-17-16-29(35-34(32)42-38(48)50-35)19-23-40-37(47)49-25-24-43(31-10-6-1-2-7-11-31)33(45)20-22-39-21-18-27-12-14-30(15-13-27)36(46)41-26-28-8-4-3-5-9-28/h3-5,8-9,12-17,31,39,44H,1-2,6-7,10-11,18-26H2,(H,40,47)(H,41,46)(H,42,48). The van der Waals surface area contributed by atoms with Crippen LogP contribution in [0.4, 0.5) is 4.79 Å². The Morgan fingerprint density at radius 3 is 2.38 bits per heavy atom. The maximum absolute atomic E-state index is 13.4. The lowest BCUT2D eigenvalue weighted by atomic mass is 10.1. The number of phenolic OH excluding ortho intramolecular Hbond substituents is 1. The predicted octanol–water partition coefficient (Wildman–Crippen LogP) is 5.27. The smallest absolute Gasteiger partial charge is 0.407 e. The summed E-state index contributed by atoms with van der Waals surface area (Å²) in [5.74, 6) is -0.0325. The second-order valence-electron chi connectivity index (χ2n) is 12.6. The number of rotatable bonds is 16. The Kier molecular flexibility index (Phi) is 13.8. The van der Waals surface area contributed by atoms with Crippen molar-refractivity contribution >= 4 is 39.5 Å². The van der Waals surface area contributed by atoms with Crippen LogP contribution < -0.4 is 20.8 Å². The Hall–Kier alpha value is -4.68. The zero-order valence-electron chi connectivity index (χ0n) is 28.4. The van der Waals surface area contributed by atoms with Gasteiger partial charge in [-0.25, -0.2) is 4.79 Å². The third kappa shape index (κ3) is 10.9. The zero-order chi connectivity index (χ0) is 35.1. The van der Waals surface area contributed by atoms with Gasteiger partial charge in [0.2, 0.25) is 5.91 Å². The first-order valence-corrected chi connectivity index (χ1v) is 18.3. The minimum atomic E-state index is -0.557. The molecule has 11 nitrogen and oxygen atoms in total. The number of fused-ring (bicyclic) bond motifs is 1. The minimum absolute atomic E-state index is 0.0161. The van der Waals surface area contributed by atoms with E-state index in [1.165, 1.54) is 18.9 Å². The first kappa shape index (κ1) is 36.6. The summed E-state index contributed by atoms with van der Waals surface area (Å²) >= 11 is 1.03. The van der Waals surface area contributed by atoms with E-state index < -0.39 is 6.09 Å².